The van der Waals surface area contributed by atoms with Gasteiger partial charge < -0.3 is 4.98 Å². The van der Waals surface area contributed by atoms with Crippen LogP contribution in [0.15, 0.2) is 30.8 Å². The first kappa shape index (κ1) is 7.86. The van der Waals surface area contributed by atoms with E-state index >= 15 is 0 Å². The minimum atomic E-state index is 1.15. The van der Waals surface area contributed by atoms with Crippen molar-refractivity contribution in [3.63, 3.8) is 0 Å². The van der Waals surface area contributed by atoms with Crippen molar-refractivity contribution in [2.24, 2.45) is 0 Å². The number of nitrogens with one attached hydrogen (secondary N) is 1. The highest BCUT2D eigenvalue weighted by Gasteiger charge is 1.97. The Morgan fingerprint density at radius 1 is 1.33 bits per heavy atom. The van der Waals surface area contributed by atoms with E-state index in [1.165, 1.54) is 14.6 Å². The van der Waals surface area contributed by atoms with Crippen LogP contribution in [0, 0.1) is 3.70 Å². The summed E-state index contributed by atoms with van der Waals surface area (Å²) < 4.78 is 1.17. The normalized spacial score (nSPS) is 10.4. The van der Waals surface area contributed by atoms with Crippen molar-refractivity contribution in [2.45, 2.75) is 0 Å². The molecule has 0 aliphatic carbocycles. The van der Waals surface area contributed by atoms with E-state index < -0.39 is 0 Å². The molecule has 1 nitrogen and oxygen atoms in total. The lowest BCUT2D eigenvalue weighted by Gasteiger charge is -1.91. The molecule has 2 aromatic rings. The van der Waals surface area contributed by atoms with Crippen LogP contribution in [0.5, 0.6) is 0 Å². The van der Waals surface area contributed by atoms with Crippen molar-refractivity contribution < 1.29 is 0 Å². The number of aromatic nitrogens is 1. The molecule has 1 aromatic carbocycles. The number of H-pyrrole nitrogens is 1. The Balaban J connectivity index is 2.74. The SMILES string of the molecule is C=Cc1ccc2cc(I)[nH]c2c1. The first-order chi connectivity index (χ1) is 5.79. The molecule has 0 radical (unpaired) electrons. The fourth-order valence-corrected chi connectivity index (χ4v) is 1.86. The van der Waals surface area contributed by atoms with Gasteiger partial charge in [-0.3, -0.25) is 0 Å². The topological polar surface area (TPSA) is 15.8 Å². The van der Waals surface area contributed by atoms with Crippen LogP contribution >= 0.6 is 22.6 Å². The van der Waals surface area contributed by atoms with Gasteiger partial charge in [-0.2, -0.15) is 0 Å². The number of rotatable bonds is 1. The molecular formula is C10H8IN. The molecule has 0 spiro atoms. The summed E-state index contributed by atoms with van der Waals surface area (Å²) in [6.07, 6.45) is 1.85. The Morgan fingerprint density at radius 3 is 2.92 bits per heavy atom. The molecule has 12 heavy (non-hydrogen) atoms. The van der Waals surface area contributed by atoms with Crippen LogP contribution in [0.3, 0.4) is 0 Å². The molecule has 0 atom stereocenters. The van der Waals surface area contributed by atoms with Crippen LogP contribution in [0.2, 0.25) is 0 Å². The van der Waals surface area contributed by atoms with E-state index in [4.69, 9.17) is 0 Å². The van der Waals surface area contributed by atoms with Gasteiger partial charge >= 0.3 is 0 Å². The van der Waals surface area contributed by atoms with Gasteiger partial charge in [-0.25, -0.2) is 0 Å². The summed E-state index contributed by atoms with van der Waals surface area (Å²) in [5, 5.41) is 1.25. The monoisotopic (exact) mass is 269 g/mol. The van der Waals surface area contributed by atoms with Crippen LogP contribution in [0.1, 0.15) is 5.56 Å². The molecule has 1 N–H and O–H groups in total. The van der Waals surface area contributed by atoms with E-state index in [2.05, 4.69) is 58.4 Å². The quantitative estimate of drug-likeness (QED) is 0.763. The molecule has 0 saturated carbocycles. The van der Waals surface area contributed by atoms with Gasteiger partial charge in [0.05, 0.1) is 3.70 Å². The standard InChI is InChI=1S/C10H8IN/c1-2-7-3-4-8-6-10(11)12-9(8)5-7/h2-6,12H,1H2. The Bertz CT molecular complexity index is 428. The number of fused-ring (bicyclic) bond motifs is 1. The molecule has 0 amide bonds. The third kappa shape index (κ3) is 1.27. The van der Waals surface area contributed by atoms with Gasteiger partial charge in [0.2, 0.25) is 0 Å². The molecule has 1 heterocycles. The fourth-order valence-electron chi connectivity index (χ4n) is 1.24. The van der Waals surface area contributed by atoms with Gasteiger partial charge in [0.25, 0.3) is 0 Å². The number of benzene rings is 1. The zero-order valence-electron chi connectivity index (χ0n) is 6.47. The average molecular weight is 269 g/mol. The lowest BCUT2D eigenvalue weighted by molar-refractivity contribution is 1.41. The zero-order chi connectivity index (χ0) is 8.55. The van der Waals surface area contributed by atoms with Crippen molar-refractivity contribution in [1.82, 2.24) is 4.98 Å². The van der Waals surface area contributed by atoms with Crippen LogP contribution in [-0.4, -0.2) is 4.98 Å². The molecule has 0 saturated heterocycles. The van der Waals surface area contributed by atoms with Gasteiger partial charge in [-0.05, 0) is 40.3 Å². The molecule has 0 bridgehead atoms. The third-order valence-corrected chi connectivity index (χ3v) is 2.43. The molecule has 2 heteroatoms. The first-order valence-electron chi connectivity index (χ1n) is 3.70. The van der Waals surface area contributed by atoms with Crippen molar-refractivity contribution in [2.75, 3.05) is 0 Å². The summed E-state index contributed by atoms with van der Waals surface area (Å²) in [6, 6.07) is 8.40. The summed E-state index contributed by atoms with van der Waals surface area (Å²) in [4.78, 5) is 3.27. The van der Waals surface area contributed by atoms with E-state index in [1.54, 1.807) is 0 Å². The van der Waals surface area contributed by atoms with Crippen molar-refractivity contribution >= 4 is 39.6 Å². The number of aromatic amines is 1. The van der Waals surface area contributed by atoms with E-state index in [0.29, 0.717) is 0 Å². The highest BCUT2D eigenvalue weighted by Crippen LogP contribution is 2.18. The molecular weight excluding hydrogens is 261 g/mol. The number of hydrogen-bond acceptors (Lipinski definition) is 0. The predicted octanol–water partition coefficient (Wildman–Crippen LogP) is 3.42. The van der Waals surface area contributed by atoms with E-state index in [1.807, 2.05) is 6.08 Å². The average Bonchev–Trinajstić information content (AvgIpc) is 2.43. The maximum atomic E-state index is 3.73. The van der Waals surface area contributed by atoms with E-state index in [0.717, 1.165) is 5.56 Å². The van der Waals surface area contributed by atoms with Gasteiger partial charge in [0.15, 0.2) is 0 Å². The smallest absolute Gasteiger partial charge is 0.0782 e. The van der Waals surface area contributed by atoms with Crippen LogP contribution in [0.25, 0.3) is 17.0 Å². The highest BCUT2D eigenvalue weighted by molar-refractivity contribution is 14.1. The number of halogens is 1. The van der Waals surface area contributed by atoms with Gasteiger partial charge in [-0.15, -0.1) is 0 Å². The largest absolute Gasteiger partial charge is 0.350 e. The second kappa shape index (κ2) is 2.94. The zero-order valence-corrected chi connectivity index (χ0v) is 8.63. The second-order valence-corrected chi connectivity index (χ2v) is 3.83. The maximum Gasteiger partial charge on any atom is 0.0782 e. The van der Waals surface area contributed by atoms with Crippen LogP contribution in [0.4, 0.5) is 0 Å². The molecule has 0 fully saturated rings. The molecule has 1 aromatic heterocycles. The lowest BCUT2D eigenvalue weighted by Crippen LogP contribution is -1.71. The minimum absolute atomic E-state index is 1.15. The number of hydrogen-bond donors (Lipinski definition) is 1. The molecule has 2 rings (SSSR count). The van der Waals surface area contributed by atoms with Gasteiger partial charge in [0, 0.05) is 10.9 Å². The maximum absolute atomic E-state index is 3.73. The Morgan fingerprint density at radius 2 is 2.17 bits per heavy atom. The molecule has 0 unspecified atom stereocenters. The summed E-state index contributed by atoms with van der Waals surface area (Å²) >= 11 is 2.28. The summed E-state index contributed by atoms with van der Waals surface area (Å²) in [7, 11) is 0. The second-order valence-electron chi connectivity index (χ2n) is 2.67. The van der Waals surface area contributed by atoms with Gasteiger partial charge in [0.1, 0.15) is 0 Å². The lowest BCUT2D eigenvalue weighted by atomic mass is 10.2. The van der Waals surface area contributed by atoms with Crippen molar-refractivity contribution in [3.8, 4) is 0 Å². The Labute approximate surface area is 84.6 Å². The summed E-state index contributed by atoms with van der Waals surface area (Å²) in [5.41, 5.74) is 2.33. The molecule has 0 aliphatic heterocycles. The molecule has 0 aliphatic rings. The van der Waals surface area contributed by atoms with Gasteiger partial charge in [-0.1, -0.05) is 24.8 Å². The fraction of sp³-hybridized carbons (Fsp3) is 0. The highest BCUT2D eigenvalue weighted by atomic mass is 127. The van der Waals surface area contributed by atoms with Crippen LogP contribution < -0.4 is 0 Å². The third-order valence-electron chi connectivity index (χ3n) is 1.85. The van der Waals surface area contributed by atoms with E-state index in [9.17, 15) is 0 Å². The van der Waals surface area contributed by atoms with E-state index in [-0.39, 0.29) is 0 Å². The Hall–Kier alpha value is -0.770. The van der Waals surface area contributed by atoms with Crippen molar-refractivity contribution in [1.29, 1.82) is 0 Å². The summed E-state index contributed by atoms with van der Waals surface area (Å²) in [5.74, 6) is 0. The summed E-state index contributed by atoms with van der Waals surface area (Å²) in [6.45, 7) is 3.73. The minimum Gasteiger partial charge on any atom is -0.350 e. The van der Waals surface area contributed by atoms with Crippen LogP contribution in [-0.2, 0) is 0 Å². The predicted molar refractivity (Wildman–Crippen MR) is 61.1 cm³/mol. The molecule has 60 valence electrons. The Kier molecular flexibility index (Phi) is 1.92. The first-order valence-corrected chi connectivity index (χ1v) is 4.78. The van der Waals surface area contributed by atoms with Crippen molar-refractivity contribution in [3.05, 3.63) is 40.1 Å².